The molecule has 1 aliphatic carbocycles. The lowest BCUT2D eigenvalue weighted by molar-refractivity contribution is -0.126. The van der Waals surface area contributed by atoms with Gasteiger partial charge in [0.2, 0.25) is 5.91 Å². The first-order valence-corrected chi connectivity index (χ1v) is 9.75. The third kappa shape index (κ3) is 3.83. The Balaban J connectivity index is 1.81. The largest absolute Gasteiger partial charge is 0.376 e. The lowest BCUT2D eigenvalue weighted by atomic mass is 10.0. The van der Waals surface area contributed by atoms with Gasteiger partial charge in [0.15, 0.2) is 0 Å². The quantitative estimate of drug-likeness (QED) is 0.729. The smallest absolute Gasteiger partial charge is 0.229 e. The SMILES string of the molecule is C[C@@H]1CN([C@H](CNC(=O)[C@]2(C)CC2(Cl)Cl)c2c(F)cccc2Cl)CCO1. The zero-order valence-electron chi connectivity index (χ0n) is 14.7. The van der Waals surface area contributed by atoms with Crippen molar-refractivity contribution in [2.45, 2.75) is 36.7 Å². The molecule has 0 radical (unpaired) electrons. The highest BCUT2D eigenvalue weighted by molar-refractivity contribution is 6.53. The molecule has 26 heavy (non-hydrogen) atoms. The standard InChI is InChI=1S/C18H22Cl3FN2O2/c1-11-9-24(6-7-26-11)14(15-12(19)4-3-5-13(15)22)8-23-16(25)17(2)10-18(17,20)21/h3-5,11,14H,6-10H2,1-2H3,(H,23,25)/t11-,14-,17+/m1/s1. The summed E-state index contributed by atoms with van der Waals surface area (Å²) in [6, 6.07) is 4.20. The summed E-state index contributed by atoms with van der Waals surface area (Å²) in [7, 11) is 0. The fourth-order valence-electron chi connectivity index (χ4n) is 3.40. The first-order chi connectivity index (χ1) is 12.2. The van der Waals surface area contributed by atoms with E-state index in [0.29, 0.717) is 36.7 Å². The number of nitrogens with one attached hydrogen (secondary N) is 1. The van der Waals surface area contributed by atoms with Gasteiger partial charge in [-0.2, -0.15) is 0 Å². The summed E-state index contributed by atoms with van der Waals surface area (Å²) in [4.78, 5) is 14.6. The van der Waals surface area contributed by atoms with Gasteiger partial charge >= 0.3 is 0 Å². The van der Waals surface area contributed by atoms with Crippen molar-refractivity contribution < 1.29 is 13.9 Å². The monoisotopic (exact) mass is 422 g/mol. The first-order valence-electron chi connectivity index (χ1n) is 8.61. The fourth-order valence-corrected chi connectivity index (χ4v) is 4.40. The Morgan fingerprint density at radius 2 is 2.19 bits per heavy atom. The van der Waals surface area contributed by atoms with E-state index in [0.717, 1.165) is 0 Å². The highest BCUT2D eigenvalue weighted by Crippen LogP contribution is 2.63. The average molecular weight is 424 g/mol. The first kappa shape index (κ1) is 20.2. The summed E-state index contributed by atoms with van der Waals surface area (Å²) in [6.07, 6.45) is 0.418. The Bertz CT molecular complexity index is 683. The molecular formula is C18H22Cl3FN2O2. The predicted octanol–water partition coefficient (Wildman–Crippen LogP) is 3.94. The van der Waals surface area contributed by atoms with E-state index in [9.17, 15) is 9.18 Å². The minimum atomic E-state index is -1.05. The molecule has 1 aromatic carbocycles. The number of benzene rings is 1. The van der Waals surface area contributed by atoms with E-state index in [1.54, 1.807) is 19.1 Å². The van der Waals surface area contributed by atoms with Crippen molar-refractivity contribution in [2.24, 2.45) is 5.41 Å². The minimum absolute atomic E-state index is 0.0202. The van der Waals surface area contributed by atoms with Crippen molar-refractivity contribution >= 4 is 40.7 Å². The molecule has 3 rings (SSSR count). The van der Waals surface area contributed by atoms with Crippen LogP contribution in [-0.2, 0) is 9.53 Å². The molecule has 1 saturated heterocycles. The van der Waals surface area contributed by atoms with E-state index >= 15 is 0 Å². The summed E-state index contributed by atoms with van der Waals surface area (Å²) in [5.74, 6) is -0.626. The van der Waals surface area contributed by atoms with Gasteiger partial charge in [-0.1, -0.05) is 17.7 Å². The summed E-state index contributed by atoms with van der Waals surface area (Å²) < 4.78 is 19.1. The Morgan fingerprint density at radius 1 is 1.50 bits per heavy atom. The van der Waals surface area contributed by atoms with Crippen LogP contribution in [0.1, 0.15) is 31.9 Å². The number of carbonyl (C=O) groups excluding carboxylic acids is 1. The number of amides is 1. The van der Waals surface area contributed by atoms with E-state index in [4.69, 9.17) is 39.5 Å². The van der Waals surface area contributed by atoms with Gasteiger partial charge in [-0.3, -0.25) is 9.69 Å². The molecule has 1 N–H and O–H groups in total. The maximum Gasteiger partial charge on any atom is 0.229 e. The number of hydrogen-bond donors (Lipinski definition) is 1. The molecule has 0 bridgehead atoms. The third-order valence-corrected chi connectivity index (χ3v) is 6.69. The normalized spacial score (nSPS) is 29.2. The summed E-state index contributed by atoms with van der Waals surface area (Å²) in [5.41, 5.74) is -0.439. The Labute approximate surface area is 167 Å². The predicted molar refractivity (Wildman–Crippen MR) is 101 cm³/mol. The van der Waals surface area contributed by atoms with Gasteiger partial charge in [0, 0.05) is 30.2 Å². The van der Waals surface area contributed by atoms with E-state index in [2.05, 4.69) is 10.2 Å². The van der Waals surface area contributed by atoms with Gasteiger partial charge < -0.3 is 10.1 Å². The number of hydrogen-bond acceptors (Lipinski definition) is 3. The van der Waals surface area contributed by atoms with Gasteiger partial charge in [-0.15, -0.1) is 23.2 Å². The molecule has 1 amide bonds. The van der Waals surface area contributed by atoms with Crippen molar-refractivity contribution in [3.05, 3.63) is 34.6 Å². The molecular weight excluding hydrogens is 402 g/mol. The molecule has 1 aromatic rings. The van der Waals surface area contributed by atoms with Gasteiger partial charge in [0.05, 0.1) is 24.2 Å². The molecule has 2 aliphatic rings. The van der Waals surface area contributed by atoms with Crippen LogP contribution in [0.2, 0.25) is 5.02 Å². The van der Waals surface area contributed by atoms with Crippen LogP contribution < -0.4 is 5.32 Å². The Kier molecular flexibility index (Phi) is 5.76. The zero-order valence-corrected chi connectivity index (χ0v) is 17.0. The fraction of sp³-hybridized carbons (Fsp3) is 0.611. The number of halogens is 4. The van der Waals surface area contributed by atoms with Crippen molar-refractivity contribution in [3.63, 3.8) is 0 Å². The number of nitrogens with zero attached hydrogens (tertiary/aromatic N) is 1. The highest BCUT2D eigenvalue weighted by atomic mass is 35.5. The number of alkyl halides is 2. The second kappa shape index (κ2) is 7.44. The average Bonchev–Trinajstić information content (AvgIpc) is 3.09. The van der Waals surface area contributed by atoms with E-state index in [-0.39, 0.29) is 18.6 Å². The summed E-state index contributed by atoms with van der Waals surface area (Å²) in [5, 5.41) is 3.23. The molecule has 1 saturated carbocycles. The lowest BCUT2D eigenvalue weighted by Gasteiger charge is -2.38. The molecule has 8 heteroatoms. The Morgan fingerprint density at radius 3 is 2.77 bits per heavy atom. The molecule has 0 spiro atoms. The molecule has 144 valence electrons. The van der Waals surface area contributed by atoms with Crippen LogP contribution >= 0.6 is 34.8 Å². The van der Waals surface area contributed by atoms with Crippen LogP contribution in [0.5, 0.6) is 0 Å². The molecule has 0 aromatic heterocycles. The minimum Gasteiger partial charge on any atom is -0.376 e. The second-order valence-electron chi connectivity index (χ2n) is 7.25. The number of rotatable bonds is 5. The second-order valence-corrected chi connectivity index (χ2v) is 9.14. The van der Waals surface area contributed by atoms with Gasteiger partial charge in [0.1, 0.15) is 10.2 Å². The Hall–Kier alpha value is -0.590. The summed E-state index contributed by atoms with van der Waals surface area (Å²) in [6.45, 7) is 5.70. The topological polar surface area (TPSA) is 41.6 Å². The lowest BCUT2D eigenvalue weighted by Crippen LogP contribution is -2.47. The van der Waals surface area contributed by atoms with E-state index in [1.807, 2.05) is 6.92 Å². The maximum absolute atomic E-state index is 14.5. The van der Waals surface area contributed by atoms with Crippen LogP contribution in [0, 0.1) is 11.2 Å². The highest BCUT2D eigenvalue weighted by Gasteiger charge is 2.67. The van der Waals surface area contributed by atoms with Crippen molar-refractivity contribution in [3.8, 4) is 0 Å². The van der Waals surface area contributed by atoms with Crippen molar-refractivity contribution in [2.75, 3.05) is 26.2 Å². The van der Waals surface area contributed by atoms with E-state index in [1.165, 1.54) is 6.07 Å². The van der Waals surface area contributed by atoms with Gasteiger partial charge in [-0.25, -0.2) is 4.39 Å². The van der Waals surface area contributed by atoms with Crippen LogP contribution in [0.4, 0.5) is 4.39 Å². The number of carbonyl (C=O) groups is 1. The zero-order chi connectivity index (χ0) is 19.1. The van der Waals surface area contributed by atoms with Crippen LogP contribution in [-0.4, -0.2) is 47.5 Å². The molecule has 2 fully saturated rings. The van der Waals surface area contributed by atoms with Crippen LogP contribution in [0.15, 0.2) is 18.2 Å². The number of morpholine rings is 1. The van der Waals surface area contributed by atoms with E-state index < -0.39 is 21.6 Å². The van der Waals surface area contributed by atoms with Crippen LogP contribution in [0.3, 0.4) is 0 Å². The van der Waals surface area contributed by atoms with Crippen LogP contribution in [0.25, 0.3) is 0 Å². The van der Waals surface area contributed by atoms with Crippen molar-refractivity contribution in [1.82, 2.24) is 10.2 Å². The molecule has 0 unspecified atom stereocenters. The molecule has 4 nitrogen and oxygen atoms in total. The van der Waals surface area contributed by atoms with Gasteiger partial charge in [-0.05, 0) is 32.4 Å². The molecule has 1 heterocycles. The molecule has 1 aliphatic heterocycles. The maximum atomic E-state index is 14.5. The van der Waals surface area contributed by atoms with Gasteiger partial charge in [0.25, 0.3) is 0 Å². The summed E-state index contributed by atoms with van der Waals surface area (Å²) >= 11 is 18.5. The number of ether oxygens (including phenoxy) is 1. The van der Waals surface area contributed by atoms with Crippen molar-refractivity contribution in [1.29, 1.82) is 0 Å². The molecule has 3 atom stereocenters. The third-order valence-electron chi connectivity index (χ3n) is 5.26.